The summed E-state index contributed by atoms with van der Waals surface area (Å²) < 4.78 is 19.2. The van der Waals surface area contributed by atoms with Gasteiger partial charge in [0.1, 0.15) is 23.4 Å². The highest BCUT2D eigenvalue weighted by Gasteiger charge is 2.09. The minimum absolute atomic E-state index is 0.230. The molecule has 1 aromatic heterocycles. The van der Waals surface area contributed by atoms with Gasteiger partial charge < -0.3 is 10.1 Å². The van der Waals surface area contributed by atoms with Gasteiger partial charge in [0, 0.05) is 17.6 Å². The molecule has 0 saturated carbocycles. The fourth-order valence-electron chi connectivity index (χ4n) is 1.47. The maximum atomic E-state index is 13.7. The number of halogens is 3. The van der Waals surface area contributed by atoms with Crippen molar-refractivity contribution in [2.75, 3.05) is 12.4 Å². The second kappa shape index (κ2) is 6.27. The molecule has 0 fully saturated rings. The van der Waals surface area contributed by atoms with Gasteiger partial charge in [-0.1, -0.05) is 17.7 Å². The summed E-state index contributed by atoms with van der Waals surface area (Å²) in [6.45, 7) is 0.230. The van der Waals surface area contributed by atoms with Gasteiger partial charge in [0.2, 0.25) is 0 Å². The van der Waals surface area contributed by atoms with Crippen LogP contribution in [-0.4, -0.2) is 17.1 Å². The predicted octanol–water partition coefficient (Wildman–Crippen LogP) is 3.92. The van der Waals surface area contributed by atoms with E-state index in [9.17, 15) is 4.39 Å². The van der Waals surface area contributed by atoms with Gasteiger partial charge in [-0.15, -0.1) is 0 Å². The van der Waals surface area contributed by atoms with Gasteiger partial charge in [-0.2, -0.15) is 0 Å². The number of anilines is 2. The van der Waals surface area contributed by atoms with Crippen LogP contribution in [0.15, 0.2) is 28.7 Å². The maximum Gasteiger partial charge on any atom is 0.158 e. The number of hydrogen-bond acceptors (Lipinski definition) is 4. The first-order valence-electron chi connectivity index (χ1n) is 5.33. The first-order chi connectivity index (χ1) is 9.10. The molecule has 19 heavy (non-hydrogen) atoms. The van der Waals surface area contributed by atoms with Crippen molar-refractivity contribution in [2.24, 2.45) is 0 Å². The van der Waals surface area contributed by atoms with Crippen molar-refractivity contribution in [3.63, 3.8) is 0 Å². The number of hydrogen-bond donors (Lipinski definition) is 1. The van der Waals surface area contributed by atoms with E-state index < -0.39 is 5.82 Å². The van der Waals surface area contributed by atoms with Crippen molar-refractivity contribution in [1.82, 2.24) is 9.97 Å². The number of nitrogens with zero attached hydrogens (tertiary/aromatic N) is 2. The van der Waals surface area contributed by atoms with E-state index in [2.05, 4.69) is 31.2 Å². The van der Waals surface area contributed by atoms with Crippen LogP contribution in [0.5, 0.6) is 0 Å². The van der Waals surface area contributed by atoms with Gasteiger partial charge in [-0.05, 0) is 28.1 Å². The zero-order chi connectivity index (χ0) is 13.8. The summed E-state index contributed by atoms with van der Waals surface area (Å²) in [6.07, 6.45) is 0. The fraction of sp³-hybridized carbons (Fsp3) is 0.167. The highest BCUT2D eigenvalue weighted by Crippen LogP contribution is 2.28. The van der Waals surface area contributed by atoms with Crippen LogP contribution in [0.3, 0.4) is 0 Å². The predicted molar refractivity (Wildman–Crippen MR) is 75.1 cm³/mol. The number of ether oxygens (including phenoxy) is 1. The summed E-state index contributed by atoms with van der Waals surface area (Å²) in [7, 11) is 1.53. The molecule has 0 unspecified atom stereocenters. The summed E-state index contributed by atoms with van der Waals surface area (Å²) in [5.74, 6) is 0.431. The SMILES string of the molecule is COCc1nc(Cl)cc(Nc2c(F)cccc2Br)n1. The molecule has 100 valence electrons. The Morgan fingerprint density at radius 2 is 2.21 bits per heavy atom. The molecule has 2 aromatic rings. The number of nitrogens with one attached hydrogen (secondary N) is 1. The molecule has 0 aliphatic carbocycles. The Kier molecular flexibility index (Phi) is 4.68. The van der Waals surface area contributed by atoms with Crippen LogP contribution in [0.4, 0.5) is 15.9 Å². The summed E-state index contributed by atoms with van der Waals surface area (Å²) >= 11 is 9.15. The first-order valence-corrected chi connectivity index (χ1v) is 6.50. The number of para-hydroxylation sites is 1. The van der Waals surface area contributed by atoms with E-state index in [1.165, 1.54) is 19.2 Å². The monoisotopic (exact) mass is 345 g/mol. The third-order valence-electron chi connectivity index (χ3n) is 2.23. The van der Waals surface area contributed by atoms with E-state index >= 15 is 0 Å². The third-order valence-corrected chi connectivity index (χ3v) is 3.08. The van der Waals surface area contributed by atoms with Crippen LogP contribution in [0.25, 0.3) is 0 Å². The Morgan fingerprint density at radius 3 is 2.89 bits per heavy atom. The molecular weight excluding hydrogens is 337 g/mol. The molecule has 1 heterocycles. The van der Waals surface area contributed by atoms with E-state index in [4.69, 9.17) is 16.3 Å². The van der Waals surface area contributed by atoms with Gasteiger partial charge in [0.25, 0.3) is 0 Å². The molecule has 0 amide bonds. The van der Waals surface area contributed by atoms with Gasteiger partial charge >= 0.3 is 0 Å². The lowest BCUT2D eigenvalue weighted by Crippen LogP contribution is -2.03. The van der Waals surface area contributed by atoms with Gasteiger partial charge in [0.05, 0.1) is 5.69 Å². The lowest BCUT2D eigenvalue weighted by atomic mass is 10.3. The van der Waals surface area contributed by atoms with E-state index in [1.54, 1.807) is 12.1 Å². The van der Waals surface area contributed by atoms with Gasteiger partial charge in [-0.3, -0.25) is 0 Å². The minimum Gasteiger partial charge on any atom is -0.377 e. The van der Waals surface area contributed by atoms with Crippen molar-refractivity contribution >= 4 is 39.0 Å². The molecule has 1 N–H and O–H groups in total. The zero-order valence-electron chi connectivity index (χ0n) is 9.95. The van der Waals surface area contributed by atoms with E-state index in [0.717, 1.165) is 0 Å². The van der Waals surface area contributed by atoms with Crippen LogP contribution in [0, 0.1) is 5.82 Å². The lowest BCUT2D eigenvalue weighted by Gasteiger charge is -2.10. The highest BCUT2D eigenvalue weighted by atomic mass is 79.9. The van der Waals surface area contributed by atoms with Crippen LogP contribution < -0.4 is 5.32 Å². The molecule has 0 saturated heterocycles. The molecule has 0 aliphatic heterocycles. The van der Waals surface area contributed by atoms with Crippen molar-refractivity contribution < 1.29 is 9.13 Å². The van der Waals surface area contributed by atoms with Crippen LogP contribution >= 0.6 is 27.5 Å². The number of methoxy groups -OCH3 is 1. The lowest BCUT2D eigenvalue weighted by molar-refractivity contribution is 0.178. The molecule has 0 radical (unpaired) electrons. The second-order valence-electron chi connectivity index (χ2n) is 3.65. The van der Waals surface area contributed by atoms with E-state index in [1.807, 2.05) is 0 Å². The van der Waals surface area contributed by atoms with Crippen molar-refractivity contribution in [3.05, 3.63) is 45.5 Å². The molecular formula is C12H10BrClFN3O. The maximum absolute atomic E-state index is 13.7. The van der Waals surface area contributed by atoms with Crippen molar-refractivity contribution in [3.8, 4) is 0 Å². The normalized spacial score (nSPS) is 10.5. The molecule has 0 bridgehead atoms. The average Bonchev–Trinajstić information content (AvgIpc) is 2.34. The Labute approximate surface area is 123 Å². The number of benzene rings is 1. The average molecular weight is 347 g/mol. The Hall–Kier alpha value is -1.24. The summed E-state index contributed by atoms with van der Waals surface area (Å²) in [5.41, 5.74) is 0.292. The Balaban J connectivity index is 2.33. The molecule has 7 heteroatoms. The number of rotatable bonds is 4. The summed E-state index contributed by atoms with van der Waals surface area (Å²) in [5, 5.41) is 3.13. The zero-order valence-corrected chi connectivity index (χ0v) is 12.3. The van der Waals surface area contributed by atoms with E-state index in [0.29, 0.717) is 21.8 Å². The topological polar surface area (TPSA) is 47.0 Å². The largest absolute Gasteiger partial charge is 0.377 e. The molecule has 0 atom stereocenters. The molecule has 2 rings (SSSR count). The molecule has 0 aliphatic rings. The summed E-state index contributed by atoms with van der Waals surface area (Å²) in [4.78, 5) is 8.18. The second-order valence-corrected chi connectivity index (χ2v) is 4.89. The molecule has 0 spiro atoms. The van der Waals surface area contributed by atoms with Crippen molar-refractivity contribution in [1.29, 1.82) is 0 Å². The highest BCUT2D eigenvalue weighted by molar-refractivity contribution is 9.10. The van der Waals surface area contributed by atoms with Crippen molar-refractivity contribution in [2.45, 2.75) is 6.61 Å². The fourth-order valence-corrected chi connectivity index (χ4v) is 2.11. The first kappa shape index (κ1) is 14.2. The minimum atomic E-state index is -0.391. The van der Waals surface area contributed by atoms with Crippen LogP contribution in [-0.2, 0) is 11.3 Å². The van der Waals surface area contributed by atoms with E-state index in [-0.39, 0.29) is 11.8 Å². The Bertz CT molecular complexity index is 577. The smallest absolute Gasteiger partial charge is 0.158 e. The standard InChI is InChI=1S/C12H10BrClFN3O/c1-19-6-11-16-9(14)5-10(17-11)18-12-7(13)3-2-4-8(12)15/h2-5H,6H2,1H3,(H,16,17,18). The van der Waals surface area contributed by atoms with Crippen LogP contribution in [0.2, 0.25) is 5.15 Å². The van der Waals surface area contributed by atoms with Gasteiger partial charge in [0.15, 0.2) is 5.82 Å². The third kappa shape index (κ3) is 3.62. The van der Waals surface area contributed by atoms with Gasteiger partial charge in [-0.25, -0.2) is 14.4 Å². The quantitative estimate of drug-likeness (QED) is 0.852. The Morgan fingerprint density at radius 1 is 1.42 bits per heavy atom. The molecule has 1 aromatic carbocycles. The van der Waals surface area contributed by atoms with Crippen LogP contribution in [0.1, 0.15) is 5.82 Å². The molecule has 4 nitrogen and oxygen atoms in total. The summed E-state index contributed by atoms with van der Waals surface area (Å²) in [6, 6.07) is 6.20. The number of aromatic nitrogens is 2.